The Kier molecular flexibility index (Phi) is 5.96. The lowest BCUT2D eigenvalue weighted by Gasteiger charge is -2.20. The van der Waals surface area contributed by atoms with Crippen molar-refractivity contribution in [2.45, 2.75) is 18.7 Å². The van der Waals surface area contributed by atoms with Gasteiger partial charge in [-0.15, -0.1) is 0 Å². The fraction of sp³-hybridized carbons (Fsp3) is 0.136. The molecule has 3 aromatic rings. The summed E-state index contributed by atoms with van der Waals surface area (Å²) in [6.07, 6.45) is 0. The van der Waals surface area contributed by atoms with Gasteiger partial charge in [0.2, 0.25) is 0 Å². The van der Waals surface area contributed by atoms with Crippen LogP contribution in [0.3, 0.4) is 0 Å². The van der Waals surface area contributed by atoms with E-state index >= 15 is 0 Å². The number of carbonyl (C=O) groups excluding carboxylic acids is 1. The highest BCUT2D eigenvalue weighted by Gasteiger charge is 2.23. The van der Waals surface area contributed by atoms with Crippen LogP contribution in [0.25, 0.3) is 0 Å². The van der Waals surface area contributed by atoms with Crippen molar-refractivity contribution in [3.63, 3.8) is 0 Å². The summed E-state index contributed by atoms with van der Waals surface area (Å²) in [5, 5.41) is 3.01. The number of nitrogens with zero attached hydrogens (tertiary/aromatic N) is 1. The Morgan fingerprint density at radius 3 is 2.03 bits per heavy atom. The molecule has 0 saturated carbocycles. The Bertz CT molecular complexity index is 1140. The largest absolute Gasteiger partial charge is 0.322 e. The van der Waals surface area contributed by atoms with Crippen LogP contribution in [-0.2, 0) is 10.0 Å². The van der Waals surface area contributed by atoms with Gasteiger partial charge in [0, 0.05) is 12.7 Å². The molecule has 3 aromatic carbocycles. The number of anilines is 2. The molecule has 3 rings (SSSR count). The van der Waals surface area contributed by atoms with E-state index in [1.54, 1.807) is 42.5 Å². The van der Waals surface area contributed by atoms with Crippen LogP contribution in [-0.4, -0.2) is 21.4 Å². The summed E-state index contributed by atoms with van der Waals surface area (Å²) < 4.78 is 27.0. The normalized spacial score (nSPS) is 11.2. The minimum absolute atomic E-state index is 0.172. The number of hydrogen-bond acceptors (Lipinski definition) is 3. The van der Waals surface area contributed by atoms with Crippen molar-refractivity contribution in [3.05, 3.63) is 88.4 Å². The standard InChI is InChI=1S/C22H21ClN2O3S/c1-15-4-8-17(9-5-15)24-22(26)20-14-18(10-13-21(20)23)25(3)29(27,28)19-11-6-16(2)7-12-19/h4-14H,1-3H3,(H,24,26). The van der Waals surface area contributed by atoms with E-state index < -0.39 is 15.9 Å². The molecule has 0 aliphatic heterocycles. The van der Waals surface area contributed by atoms with Crippen LogP contribution >= 0.6 is 11.6 Å². The predicted molar refractivity (Wildman–Crippen MR) is 117 cm³/mol. The van der Waals surface area contributed by atoms with Gasteiger partial charge in [0.1, 0.15) is 0 Å². The highest BCUT2D eigenvalue weighted by molar-refractivity contribution is 7.92. The molecule has 0 radical (unpaired) electrons. The van der Waals surface area contributed by atoms with E-state index in [2.05, 4.69) is 5.32 Å². The maximum Gasteiger partial charge on any atom is 0.264 e. The number of hydrogen-bond donors (Lipinski definition) is 1. The first-order chi connectivity index (χ1) is 13.7. The molecule has 0 aliphatic rings. The number of halogens is 1. The molecule has 5 nitrogen and oxygen atoms in total. The molecule has 0 heterocycles. The van der Waals surface area contributed by atoms with E-state index in [1.165, 1.54) is 19.2 Å². The highest BCUT2D eigenvalue weighted by Crippen LogP contribution is 2.27. The van der Waals surface area contributed by atoms with Crippen LogP contribution in [0.2, 0.25) is 5.02 Å². The van der Waals surface area contributed by atoms with Crippen molar-refractivity contribution >= 4 is 38.9 Å². The van der Waals surface area contributed by atoms with Crippen molar-refractivity contribution in [2.75, 3.05) is 16.7 Å². The molecule has 7 heteroatoms. The van der Waals surface area contributed by atoms with Crippen molar-refractivity contribution in [3.8, 4) is 0 Å². The number of sulfonamides is 1. The zero-order chi connectivity index (χ0) is 21.2. The summed E-state index contributed by atoms with van der Waals surface area (Å²) >= 11 is 6.21. The molecule has 0 bridgehead atoms. The van der Waals surface area contributed by atoms with Crippen molar-refractivity contribution in [2.24, 2.45) is 0 Å². The molecule has 0 atom stereocenters. The molecule has 0 saturated heterocycles. The third-order valence-electron chi connectivity index (χ3n) is 4.55. The minimum atomic E-state index is -3.77. The number of benzene rings is 3. The monoisotopic (exact) mass is 428 g/mol. The number of aryl methyl sites for hydroxylation is 2. The van der Waals surface area contributed by atoms with E-state index in [-0.39, 0.29) is 15.5 Å². The molecule has 1 N–H and O–H groups in total. The Hall–Kier alpha value is -2.83. The van der Waals surface area contributed by atoms with Crippen LogP contribution in [0, 0.1) is 13.8 Å². The Morgan fingerprint density at radius 1 is 0.897 bits per heavy atom. The third kappa shape index (κ3) is 4.60. The first-order valence-electron chi connectivity index (χ1n) is 8.91. The molecule has 0 fully saturated rings. The van der Waals surface area contributed by atoms with E-state index in [0.29, 0.717) is 11.4 Å². The van der Waals surface area contributed by atoms with Crippen molar-refractivity contribution < 1.29 is 13.2 Å². The highest BCUT2D eigenvalue weighted by atomic mass is 35.5. The zero-order valence-corrected chi connectivity index (χ0v) is 17.9. The molecule has 0 aromatic heterocycles. The second-order valence-corrected chi connectivity index (χ2v) is 9.15. The molecule has 150 valence electrons. The number of amides is 1. The van der Waals surface area contributed by atoms with Gasteiger partial charge >= 0.3 is 0 Å². The average molecular weight is 429 g/mol. The van der Waals surface area contributed by atoms with Gasteiger partial charge in [-0.25, -0.2) is 8.42 Å². The predicted octanol–water partition coefficient (Wildman–Crippen LogP) is 5.03. The molecule has 0 aliphatic carbocycles. The number of nitrogens with one attached hydrogen (secondary N) is 1. The van der Waals surface area contributed by atoms with Gasteiger partial charge in [0.05, 0.1) is 21.2 Å². The number of rotatable bonds is 5. The quantitative estimate of drug-likeness (QED) is 0.619. The summed E-state index contributed by atoms with van der Waals surface area (Å²) in [7, 11) is -2.32. The van der Waals surface area contributed by atoms with E-state index in [4.69, 9.17) is 11.6 Å². The molecule has 0 spiro atoms. The second-order valence-electron chi connectivity index (χ2n) is 6.77. The SMILES string of the molecule is Cc1ccc(NC(=O)c2cc(N(C)S(=O)(=O)c3ccc(C)cc3)ccc2Cl)cc1. The van der Waals surface area contributed by atoms with Gasteiger partial charge in [0.15, 0.2) is 0 Å². The summed E-state index contributed by atoms with van der Waals surface area (Å²) in [5.41, 5.74) is 3.20. The molecular formula is C22H21ClN2O3S. The first kappa shape index (κ1) is 20.9. The zero-order valence-electron chi connectivity index (χ0n) is 16.3. The van der Waals surface area contributed by atoms with Gasteiger partial charge in [-0.1, -0.05) is 47.0 Å². The van der Waals surface area contributed by atoms with Crippen LogP contribution in [0.15, 0.2) is 71.6 Å². The Labute approximate surface area is 176 Å². The van der Waals surface area contributed by atoms with Crippen molar-refractivity contribution in [1.29, 1.82) is 0 Å². The van der Waals surface area contributed by atoms with Gasteiger partial charge < -0.3 is 5.32 Å². The van der Waals surface area contributed by atoms with Crippen LogP contribution in [0.1, 0.15) is 21.5 Å². The summed E-state index contributed by atoms with van der Waals surface area (Å²) in [6.45, 7) is 3.84. The maximum absolute atomic E-state index is 12.9. The van der Waals surface area contributed by atoms with E-state index in [1.807, 2.05) is 26.0 Å². The van der Waals surface area contributed by atoms with E-state index in [0.717, 1.165) is 15.4 Å². The average Bonchev–Trinajstić information content (AvgIpc) is 2.70. The lowest BCUT2D eigenvalue weighted by atomic mass is 10.1. The smallest absolute Gasteiger partial charge is 0.264 e. The second kappa shape index (κ2) is 8.27. The van der Waals surface area contributed by atoms with Crippen LogP contribution < -0.4 is 9.62 Å². The first-order valence-corrected chi connectivity index (χ1v) is 10.7. The molecule has 29 heavy (non-hydrogen) atoms. The molecule has 0 unspecified atom stereocenters. The fourth-order valence-corrected chi connectivity index (χ4v) is 4.12. The van der Waals surface area contributed by atoms with Crippen LogP contribution in [0.4, 0.5) is 11.4 Å². The topological polar surface area (TPSA) is 66.5 Å². The summed E-state index contributed by atoms with van der Waals surface area (Å²) in [6, 6.07) is 18.5. The molecular weight excluding hydrogens is 408 g/mol. The lowest BCUT2D eigenvalue weighted by molar-refractivity contribution is 0.102. The van der Waals surface area contributed by atoms with Gasteiger partial charge in [-0.2, -0.15) is 0 Å². The summed E-state index contributed by atoms with van der Waals surface area (Å²) in [4.78, 5) is 12.9. The van der Waals surface area contributed by atoms with Gasteiger partial charge in [-0.05, 0) is 56.3 Å². The third-order valence-corrected chi connectivity index (χ3v) is 6.68. The Balaban J connectivity index is 1.90. The molecule has 1 amide bonds. The minimum Gasteiger partial charge on any atom is -0.322 e. The van der Waals surface area contributed by atoms with E-state index in [9.17, 15) is 13.2 Å². The van der Waals surface area contributed by atoms with Crippen molar-refractivity contribution in [1.82, 2.24) is 0 Å². The van der Waals surface area contributed by atoms with Crippen LogP contribution in [0.5, 0.6) is 0 Å². The fourth-order valence-electron chi connectivity index (χ4n) is 2.73. The maximum atomic E-state index is 12.9. The number of carbonyl (C=O) groups is 1. The summed E-state index contributed by atoms with van der Waals surface area (Å²) in [5.74, 6) is -0.415. The van der Waals surface area contributed by atoms with Gasteiger partial charge in [0.25, 0.3) is 15.9 Å². The Morgan fingerprint density at radius 2 is 1.45 bits per heavy atom. The lowest BCUT2D eigenvalue weighted by Crippen LogP contribution is -2.27. The van der Waals surface area contributed by atoms with Gasteiger partial charge in [-0.3, -0.25) is 9.10 Å².